The van der Waals surface area contributed by atoms with Gasteiger partial charge < -0.3 is 9.72 Å². The van der Waals surface area contributed by atoms with Gasteiger partial charge in [-0.2, -0.15) is 5.10 Å². The van der Waals surface area contributed by atoms with Gasteiger partial charge in [0.05, 0.1) is 18.6 Å². The summed E-state index contributed by atoms with van der Waals surface area (Å²) in [5.74, 6) is 2.63. The van der Waals surface area contributed by atoms with E-state index in [1.165, 1.54) is 16.8 Å². The van der Waals surface area contributed by atoms with Crippen LogP contribution in [0.5, 0.6) is 5.75 Å². The molecule has 3 aromatic rings. The molecule has 1 unspecified atom stereocenters. The van der Waals surface area contributed by atoms with E-state index in [0.717, 1.165) is 18.1 Å². The molecule has 0 spiro atoms. The number of aromatic nitrogens is 4. The summed E-state index contributed by atoms with van der Waals surface area (Å²) in [6.07, 6.45) is 5.53. The van der Waals surface area contributed by atoms with Gasteiger partial charge in [-0.1, -0.05) is 0 Å². The van der Waals surface area contributed by atoms with E-state index in [1.54, 1.807) is 6.33 Å². The van der Waals surface area contributed by atoms with Crippen LogP contribution < -0.4 is 4.74 Å². The minimum atomic E-state index is 0.505. The Morgan fingerprint density at radius 3 is 3.00 bits per heavy atom. The van der Waals surface area contributed by atoms with E-state index in [0.29, 0.717) is 17.8 Å². The number of aryl methyl sites for hydroxylation is 1. The molecule has 1 N–H and O–H groups in total. The third-order valence-electron chi connectivity index (χ3n) is 4.96. The SMILES string of the molecule is Cn1nccc1-c1ccc2c(c1)[C@H]1C(c3cnc[nH]3)[C@H]1CO2. The molecule has 5 heteroatoms. The van der Waals surface area contributed by atoms with Gasteiger partial charge in [0.25, 0.3) is 0 Å². The second-order valence-electron chi connectivity index (χ2n) is 6.13. The van der Waals surface area contributed by atoms with Crippen LogP contribution in [-0.2, 0) is 7.05 Å². The molecule has 2 aromatic heterocycles. The van der Waals surface area contributed by atoms with Gasteiger partial charge in [0.15, 0.2) is 0 Å². The fraction of sp³-hybridized carbons (Fsp3) is 0.294. The molecule has 0 radical (unpaired) electrons. The molecule has 3 heterocycles. The number of imidazole rings is 1. The first-order chi connectivity index (χ1) is 10.8. The molecule has 0 saturated heterocycles. The van der Waals surface area contributed by atoms with Gasteiger partial charge in [0, 0.05) is 48.5 Å². The number of rotatable bonds is 2. The van der Waals surface area contributed by atoms with E-state index in [1.807, 2.05) is 30.2 Å². The first kappa shape index (κ1) is 12.0. The van der Waals surface area contributed by atoms with Gasteiger partial charge in [-0.3, -0.25) is 4.68 Å². The lowest BCUT2D eigenvalue weighted by Gasteiger charge is -2.17. The minimum absolute atomic E-state index is 0.505. The summed E-state index contributed by atoms with van der Waals surface area (Å²) >= 11 is 0. The fourth-order valence-corrected chi connectivity index (χ4v) is 3.82. The normalized spacial score (nSPS) is 25.2. The van der Waals surface area contributed by atoms with Crippen LogP contribution in [0.3, 0.4) is 0 Å². The zero-order valence-electron chi connectivity index (χ0n) is 12.2. The zero-order valence-corrected chi connectivity index (χ0v) is 12.2. The van der Waals surface area contributed by atoms with Crippen LogP contribution in [0.1, 0.15) is 23.1 Å². The summed E-state index contributed by atoms with van der Waals surface area (Å²) in [7, 11) is 1.97. The lowest BCUT2D eigenvalue weighted by atomic mass is 10.0. The molecule has 1 aliphatic carbocycles. The van der Waals surface area contributed by atoms with Gasteiger partial charge in [-0.15, -0.1) is 0 Å². The Bertz CT molecular complexity index is 836. The highest BCUT2D eigenvalue weighted by atomic mass is 16.5. The number of aromatic amines is 1. The number of H-pyrrole nitrogens is 1. The number of hydrogen-bond donors (Lipinski definition) is 1. The molecule has 0 amide bonds. The molecular weight excluding hydrogens is 276 g/mol. The predicted molar refractivity (Wildman–Crippen MR) is 81.7 cm³/mol. The molecule has 1 aliphatic heterocycles. The molecule has 1 fully saturated rings. The third kappa shape index (κ3) is 1.59. The Kier molecular flexibility index (Phi) is 2.31. The largest absolute Gasteiger partial charge is 0.493 e. The number of hydrogen-bond acceptors (Lipinski definition) is 3. The second-order valence-corrected chi connectivity index (χ2v) is 6.13. The predicted octanol–water partition coefficient (Wildman–Crippen LogP) is 2.70. The van der Waals surface area contributed by atoms with Crippen molar-refractivity contribution in [3.63, 3.8) is 0 Å². The lowest BCUT2D eigenvalue weighted by molar-refractivity contribution is 0.277. The van der Waals surface area contributed by atoms with Gasteiger partial charge >= 0.3 is 0 Å². The molecular formula is C17H16N4O. The van der Waals surface area contributed by atoms with Crippen molar-refractivity contribution in [3.05, 3.63) is 54.2 Å². The molecule has 2 aliphatic rings. The fourth-order valence-electron chi connectivity index (χ4n) is 3.82. The van der Waals surface area contributed by atoms with Crippen LogP contribution in [0.15, 0.2) is 43.0 Å². The van der Waals surface area contributed by atoms with Gasteiger partial charge in [-0.05, 0) is 29.8 Å². The van der Waals surface area contributed by atoms with Crippen molar-refractivity contribution in [1.82, 2.24) is 19.7 Å². The zero-order chi connectivity index (χ0) is 14.7. The maximum Gasteiger partial charge on any atom is 0.122 e. The van der Waals surface area contributed by atoms with Crippen molar-refractivity contribution < 1.29 is 4.74 Å². The molecule has 0 bridgehead atoms. The third-order valence-corrected chi connectivity index (χ3v) is 4.96. The average Bonchev–Trinajstić information content (AvgIpc) is 2.90. The highest BCUT2D eigenvalue weighted by Gasteiger charge is 2.56. The van der Waals surface area contributed by atoms with Crippen molar-refractivity contribution in [2.24, 2.45) is 13.0 Å². The van der Waals surface area contributed by atoms with Gasteiger partial charge in [-0.25, -0.2) is 4.98 Å². The Morgan fingerprint density at radius 2 is 2.23 bits per heavy atom. The molecule has 22 heavy (non-hydrogen) atoms. The van der Waals surface area contributed by atoms with Gasteiger partial charge in [0.2, 0.25) is 0 Å². The Morgan fingerprint density at radius 1 is 1.27 bits per heavy atom. The van der Waals surface area contributed by atoms with E-state index < -0.39 is 0 Å². The summed E-state index contributed by atoms with van der Waals surface area (Å²) < 4.78 is 7.86. The van der Waals surface area contributed by atoms with E-state index in [9.17, 15) is 0 Å². The minimum Gasteiger partial charge on any atom is -0.493 e. The molecule has 5 nitrogen and oxygen atoms in total. The molecule has 110 valence electrons. The van der Waals surface area contributed by atoms with Crippen LogP contribution >= 0.6 is 0 Å². The van der Waals surface area contributed by atoms with Crippen LogP contribution in [-0.4, -0.2) is 26.4 Å². The van der Waals surface area contributed by atoms with Crippen LogP contribution in [0.25, 0.3) is 11.3 Å². The number of ether oxygens (including phenoxy) is 1. The average molecular weight is 292 g/mol. The molecule has 5 rings (SSSR count). The molecule has 1 aromatic carbocycles. The highest BCUT2D eigenvalue weighted by molar-refractivity contribution is 5.64. The van der Waals surface area contributed by atoms with Crippen molar-refractivity contribution in [2.45, 2.75) is 11.8 Å². The van der Waals surface area contributed by atoms with Crippen LogP contribution in [0.2, 0.25) is 0 Å². The van der Waals surface area contributed by atoms with Crippen LogP contribution in [0, 0.1) is 5.92 Å². The Labute approximate surface area is 128 Å². The maximum absolute atomic E-state index is 5.95. The Balaban J connectivity index is 1.57. The number of nitrogens with one attached hydrogen (secondary N) is 1. The van der Waals surface area contributed by atoms with Crippen molar-refractivity contribution in [1.29, 1.82) is 0 Å². The maximum atomic E-state index is 5.95. The van der Waals surface area contributed by atoms with Crippen LogP contribution in [0.4, 0.5) is 0 Å². The molecule has 1 saturated carbocycles. The number of nitrogens with zero attached hydrogens (tertiary/aromatic N) is 3. The van der Waals surface area contributed by atoms with E-state index in [2.05, 4.69) is 33.3 Å². The quantitative estimate of drug-likeness (QED) is 0.790. The van der Waals surface area contributed by atoms with E-state index in [4.69, 9.17) is 4.74 Å². The lowest BCUT2D eigenvalue weighted by Crippen LogP contribution is -2.08. The summed E-state index contributed by atoms with van der Waals surface area (Å²) in [6.45, 7) is 0.798. The monoisotopic (exact) mass is 292 g/mol. The summed E-state index contributed by atoms with van der Waals surface area (Å²) in [6, 6.07) is 8.52. The smallest absolute Gasteiger partial charge is 0.122 e. The van der Waals surface area contributed by atoms with E-state index >= 15 is 0 Å². The van der Waals surface area contributed by atoms with E-state index in [-0.39, 0.29) is 0 Å². The number of benzene rings is 1. The van der Waals surface area contributed by atoms with Crippen molar-refractivity contribution in [3.8, 4) is 17.0 Å². The van der Waals surface area contributed by atoms with Crippen molar-refractivity contribution in [2.75, 3.05) is 6.61 Å². The second kappa shape index (κ2) is 4.22. The van der Waals surface area contributed by atoms with Gasteiger partial charge in [0.1, 0.15) is 5.75 Å². The standard InChI is InChI=1S/C17H16N4O/c1-21-14(4-5-20-21)10-2-3-15-11(6-10)16-12(8-22-15)17(16)13-7-18-9-19-13/h2-7,9,12,16-17H,8H2,1H3,(H,18,19)/t12-,16+,17?/m0/s1. The van der Waals surface area contributed by atoms with Crippen molar-refractivity contribution >= 4 is 0 Å². The summed E-state index contributed by atoms with van der Waals surface area (Å²) in [5, 5.41) is 4.26. The Hall–Kier alpha value is -2.56. The first-order valence-electron chi connectivity index (χ1n) is 7.56. The first-order valence-corrected chi connectivity index (χ1v) is 7.56. The summed E-state index contributed by atoms with van der Waals surface area (Å²) in [5.41, 5.74) is 4.86. The number of fused-ring (bicyclic) bond motifs is 3. The highest BCUT2D eigenvalue weighted by Crippen LogP contribution is 2.64. The topological polar surface area (TPSA) is 55.7 Å². The summed E-state index contributed by atoms with van der Waals surface area (Å²) in [4.78, 5) is 7.42. The molecule has 3 atom stereocenters.